The van der Waals surface area contributed by atoms with Gasteiger partial charge in [0.1, 0.15) is 0 Å². The van der Waals surface area contributed by atoms with E-state index in [9.17, 15) is 0 Å². The van der Waals surface area contributed by atoms with Gasteiger partial charge in [0.2, 0.25) is 0 Å². The molecule has 22 heavy (non-hydrogen) atoms. The smallest absolute Gasteiger partial charge is 0.257 e. The van der Waals surface area contributed by atoms with Gasteiger partial charge in [0.15, 0.2) is 5.82 Å². The summed E-state index contributed by atoms with van der Waals surface area (Å²) in [4.78, 5) is 4.50. The molecule has 1 aliphatic carbocycles. The summed E-state index contributed by atoms with van der Waals surface area (Å²) in [5.41, 5.74) is 7.81. The van der Waals surface area contributed by atoms with E-state index < -0.39 is 5.54 Å². The van der Waals surface area contributed by atoms with Gasteiger partial charge in [-0.25, -0.2) is 4.68 Å². The van der Waals surface area contributed by atoms with Crippen molar-refractivity contribution in [1.82, 2.24) is 19.9 Å². The molecule has 1 fully saturated rings. The first-order valence-corrected chi connectivity index (χ1v) is 7.48. The lowest BCUT2D eigenvalue weighted by molar-refractivity contribution is 0.372. The second kappa shape index (κ2) is 5.06. The van der Waals surface area contributed by atoms with Crippen molar-refractivity contribution in [2.75, 3.05) is 0 Å². The number of nitrogens with zero attached hydrogens (tertiary/aromatic N) is 4. The van der Waals surface area contributed by atoms with E-state index in [1.54, 1.807) is 10.9 Å². The Morgan fingerprint density at radius 2 is 1.91 bits per heavy atom. The zero-order chi connectivity index (χ0) is 15.0. The highest BCUT2D eigenvalue weighted by Crippen LogP contribution is 2.35. The fourth-order valence-corrected chi connectivity index (χ4v) is 2.95. The van der Waals surface area contributed by atoms with Crippen LogP contribution in [0.25, 0.3) is 17.1 Å². The van der Waals surface area contributed by atoms with E-state index in [0.29, 0.717) is 11.7 Å². The lowest BCUT2D eigenvalue weighted by Crippen LogP contribution is -2.34. The third-order valence-corrected chi connectivity index (χ3v) is 4.25. The van der Waals surface area contributed by atoms with Crippen LogP contribution < -0.4 is 5.73 Å². The van der Waals surface area contributed by atoms with E-state index in [1.807, 2.05) is 36.5 Å². The van der Waals surface area contributed by atoms with Gasteiger partial charge in [-0.1, -0.05) is 18.0 Å². The Hall–Kier alpha value is -2.47. The average Bonchev–Trinajstić information content (AvgIpc) is 3.29. The van der Waals surface area contributed by atoms with Gasteiger partial charge < -0.3 is 10.3 Å². The molecular formula is C16H17N5O. The van der Waals surface area contributed by atoms with E-state index in [0.717, 1.165) is 36.9 Å². The van der Waals surface area contributed by atoms with Crippen LogP contribution in [0.1, 0.15) is 31.5 Å². The predicted molar refractivity (Wildman–Crippen MR) is 81.2 cm³/mol. The first-order chi connectivity index (χ1) is 10.7. The molecular weight excluding hydrogens is 278 g/mol. The maximum absolute atomic E-state index is 6.36. The molecule has 1 aromatic carbocycles. The SMILES string of the molecule is NC1(c2noc(-c3ccc(-n4cccn4)cc3)n2)CCCC1. The molecule has 0 aliphatic heterocycles. The van der Waals surface area contributed by atoms with E-state index >= 15 is 0 Å². The van der Waals surface area contributed by atoms with Crippen molar-refractivity contribution in [3.63, 3.8) is 0 Å². The van der Waals surface area contributed by atoms with Crippen LogP contribution in [0.15, 0.2) is 47.2 Å². The number of rotatable bonds is 3. The Morgan fingerprint density at radius 3 is 2.59 bits per heavy atom. The van der Waals surface area contributed by atoms with E-state index in [-0.39, 0.29) is 0 Å². The van der Waals surface area contributed by atoms with Gasteiger partial charge >= 0.3 is 0 Å². The summed E-state index contributed by atoms with van der Waals surface area (Å²) in [7, 11) is 0. The molecule has 0 saturated heterocycles. The molecule has 6 heteroatoms. The molecule has 0 unspecified atom stereocenters. The quantitative estimate of drug-likeness (QED) is 0.803. The van der Waals surface area contributed by atoms with Gasteiger partial charge in [-0.3, -0.25) is 0 Å². The largest absolute Gasteiger partial charge is 0.334 e. The molecule has 112 valence electrons. The number of hydrogen-bond acceptors (Lipinski definition) is 5. The monoisotopic (exact) mass is 295 g/mol. The fraction of sp³-hybridized carbons (Fsp3) is 0.312. The minimum atomic E-state index is -0.420. The first-order valence-electron chi connectivity index (χ1n) is 7.48. The molecule has 0 amide bonds. The van der Waals surface area contributed by atoms with Crippen molar-refractivity contribution < 1.29 is 4.52 Å². The summed E-state index contributed by atoms with van der Waals surface area (Å²) in [6.07, 6.45) is 7.74. The predicted octanol–water partition coefficient (Wildman–Crippen LogP) is 2.65. The summed E-state index contributed by atoms with van der Waals surface area (Å²) >= 11 is 0. The third kappa shape index (κ3) is 2.21. The molecule has 2 N–H and O–H groups in total. The highest BCUT2D eigenvalue weighted by atomic mass is 16.5. The topological polar surface area (TPSA) is 82.8 Å². The maximum atomic E-state index is 6.36. The van der Waals surface area contributed by atoms with Crippen LogP contribution in [0.4, 0.5) is 0 Å². The number of hydrogen-bond donors (Lipinski definition) is 1. The summed E-state index contributed by atoms with van der Waals surface area (Å²) in [6, 6.07) is 9.73. The van der Waals surface area contributed by atoms with Crippen LogP contribution in [0.3, 0.4) is 0 Å². The summed E-state index contributed by atoms with van der Waals surface area (Å²) < 4.78 is 7.20. The Morgan fingerprint density at radius 1 is 1.14 bits per heavy atom. The van der Waals surface area contributed by atoms with Crippen LogP contribution in [-0.2, 0) is 5.54 Å². The molecule has 0 spiro atoms. The van der Waals surface area contributed by atoms with Crippen molar-refractivity contribution in [1.29, 1.82) is 0 Å². The van der Waals surface area contributed by atoms with Crippen molar-refractivity contribution in [3.05, 3.63) is 48.5 Å². The van der Waals surface area contributed by atoms with Crippen LogP contribution in [-0.4, -0.2) is 19.9 Å². The van der Waals surface area contributed by atoms with Crippen molar-refractivity contribution >= 4 is 0 Å². The van der Waals surface area contributed by atoms with Crippen LogP contribution in [0.5, 0.6) is 0 Å². The summed E-state index contributed by atoms with van der Waals surface area (Å²) in [5.74, 6) is 1.13. The Labute approximate surface area is 127 Å². The van der Waals surface area contributed by atoms with E-state index in [1.165, 1.54) is 0 Å². The zero-order valence-electron chi connectivity index (χ0n) is 12.1. The van der Waals surface area contributed by atoms with Crippen molar-refractivity contribution in [2.24, 2.45) is 5.73 Å². The molecule has 0 bridgehead atoms. The van der Waals surface area contributed by atoms with Gasteiger partial charge in [-0.2, -0.15) is 10.1 Å². The second-order valence-corrected chi connectivity index (χ2v) is 5.78. The van der Waals surface area contributed by atoms with Gasteiger partial charge in [0, 0.05) is 18.0 Å². The van der Waals surface area contributed by atoms with Gasteiger partial charge in [0.05, 0.1) is 11.2 Å². The standard InChI is InChI=1S/C16H17N5O/c17-16(8-1-2-9-16)15-19-14(22-20-15)12-4-6-13(7-5-12)21-11-3-10-18-21/h3-7,10-11H,1-2,8-9,17H2. The Bertz CT molecular complexity index is 754. The Kier molecular flexibility index (Phi) is 3.04. The Balaban J connectivity index is 1.61. The van der Waals surface area contributed by atoms with Crippen LogP contribution in [0.2, 0.25) is 0 Å². The lowest BCUT2D eigenvalue weighted by atomic mass is 9.99. The number of benzene rings is 1. The van der Waals surface area contributed by atoms with Gasteiger partial charge in [0.25, 0.3) is 5.89 Å². The lowest BCUT2D eigenvalue weighted by Gasteiger charge is -2.17. The molecule has 6 nitrogen and oxygen atoms in total. The van der Waals surface area contributed by atoms with Gasteiger partial charge in [-0.15, -0.1) is 0 Å². The first kappa shape index (κ1) is 13.2. The molecule has 3 aromatic rings. The second-order valence-electron chi connectivity index (χ2n) is 5.78. The molecule has 2 heterocycles. The molecule has 1 aliphatic rings. The molecule has 0 radical (unpaired) electrons. The highest BCUT2D eigenvalue weighted by Gasteiger charge is 2.36. The molecule has 4 rings (SSSR count). The van der Waals surface area contributed by atoms with E-state index in [4.69, 9.17) is 10.3 Å². The van der Waals surface area contributed by atoms with Crippen LogP contribution in [0, 0.1) is 0 Å². The number of nitrogens with two attached hydrogens (primary N) is 1. The summed E-state index contributed by atoms with van der Waals surface area (Å²) in [5, 5.41) is 8.29. The van der Waals surface area contributed by atoms with Gasteiger partial charge in [-0.05, 0) is 43.2 Å². The zero-order valence-corrected chi connectivity index (χ0v) is 12.1. The molecule has 1 saturated carbocycles. The van der Waals surface area contributed by atoms with E-state index in [2.05, 4.69) is 15.2 Å². The van der Waals surface area contributed by atoms with Crippen LogP contribution >= 0.6 is 0 Å². The molecule has 2 aromatic heterocycles. The van der Waals surface area contributed by atoms with Crippen molar-refractivity contribution in [3.8, 4) is 17.1 Å². The average molecular weight is 295 g/mol. The third-order valence-electron chi connectivity index (χ3n) is 4.25. The maximum Gasteiger partial charge on any atom is 0.257 e. The summed E-state index contributed by atoms with van der Waals surface area (Å²) in [6.45, 7) is 0. The highest BCUT2D eigenvalue weighted by molar-refractivity contribution is 5.55. The fourth-order valence-electron chi connectivity index (χ4n) is 2.95. The minimum absolute atomic E-state index is 0.420. The number of aromatic nitrogens is 4. The minimum Gasteiger partial charge on any atom is -0.334 e. The van der Waals surface area contributed by atoms with Crippen molar-refractivity contribution in [2.45, 2.75) is 31.2 Å². The molecule has 0 atom stereocenters. The normalized spacial score (nSPS) is 17.0.